The minimum atomic E-state index is 0.317. The highest BCUT2D eigenvalue weighted by atomic mass is 15.3. The van der Waals surface area contributed by atoms with Crippen LogP contribution >= 0.6 is 0 Å². The zero-order chi connectivity index (χ0) is 23.2. The van der Waals surface area contributed by atoms with Crippen LogP contribution in [0.25, 0.3) is 11.3 Å². The van der Waals surface area contributed by atoms with Gasteiger partial charge in [-0.2, -0.15) is 0 Å². The maximum Gasteiger partial charge on any atom is 0.124 e. The number of nitrogen functional groups attached to an aromatic ring is 1. The molecule has 1 saturated heterocycles. The quantitative estimate of drug-likeness (QED) is 0.418. The first-order valence-electron chi connectivity index (χ1n) is 12.1. The SMILES string of the molecule is Nc1cccc(-c2ccc(CCN3CCN(C(c4ccccc4)c4ccccc4)CC3)cc2)n1. The second-order valence-electron chi connectivity index (χ2n) is 9.00. The average Bonchev–Trinajstić information content (AvgIpc) is 2.90. The van der Waals surface area contributed by atoms with E-state index in [0.717, 1.165) is 50.4 Å². The zero-order valence-electron chi connectivity index (χ0n) is 19.6. The van der Waals surface area contributed by atoms with Gasteiger partial charge in [-0.05, 0) is 35.2 Å². The lowest BCUT2D eigenvalue weighted by Crippen LogP contribution is -2.48. The van der Waals surface area contributed by atoms with E-state index >= 15 is 0 Å². The van der Waals surface area contributed by atoms with Crippen LogP contribution in [0, 0.1) is 0 Å². The Bertz CT molecular complexity index is 1130. The van der Waals surface area contributed by atoms with E-state index in [-0.39, 0.29) is 0 Å². The Morgan fingerprint density at radius 1 is 0.676 bits per heavy atom. The predicted octanol–water partition coefficient (Wildman–Crippen LogP) is 5.28. The fourth-order valence-electron chi connectivity index (χ4n) is 4.87. The average molecular weight is 449 g/mol. The minimum absolute atomic E-state index is 0.317. The molecule has 4 aromatic rings. The molecule has 4 heteroatoms. The number of pyridine rings is 1. The van der Waals surface area contributed by atoms with Crippen molar-refractivity contribution in [2.75, 3.05) is 38.5 Å². The molecule has 3 aromatic carbocycles. The molecule has 5 rings (SSSR count). The molecule has 2 N–H and O–H groups in total. The van der Waals surface area contributed by atoms with E-state index in [9.17, 15) is 0 Å². The van der Waals surface area contributed by atoms with Gasteiger partial charge in [-0.15, -0.1) is 0 Å². The van der Waals surface area contributed by atoms with Crippen LogP contribution in [-0.2, 0) is 6.42 Å². The molecule has 2 heterocycles. The number of hydrogen-bond donors (Lipinski definition) is 1. The molecule has 0 unspecified atom stereocenters. The van der Waals surface area contributed by atoms with Crippen molar-refractivity contribution in [3.63, 3.8) is 0 Å². The molecule has 1 aliphatic heterocycles. The van der Waals surface area contributed by atoms with Crippen LogP contribution in [0.5, 0.6) is 0 Å². The van der Waals surface area contributed by atoms with Gasteiger partial charge in [-0.1, -0.05) is 91.0 Å². The lowest BCUT2D eigenvalue weighted by Gasteiger charge is -2.39. The normalized spacial score (nSPS) is 15.0. The summed E-state index contributed by atoms with van der Waals surface area (Å²) >= 11 is 0. The second-order valence-corrected chi connectivity index (χ2v) is 9.00. The molecule has 0 atom stereocenters. The van der Waals surface area contributed by atoms with Gasteiger partial charge in [0.05, 0.1) is 11.7 Å². The lowest BCUT2D eigenvalue weighted by molar-refractivity contribution is 0.110. The van der Waals surface area contributed by atoms with Crippen LogP contribution < -0.4 is 5.73 Å². The Morgan fingerprint density at radius 2 is 1.29 bits per heavy atom. The van der Waals surface area contributed by atoms with Crippen molar-refractivity contribution in [2.24, 2.45) is 0 Å². The van der Waals surface area contributed by atoms with E-state index in [4.69, 9.17) is 5.73 Å². The molecular formula is C30H32N4. The van der Waals surface area contributed by atoms with Crippen LogP contribution in [-0.4, -0.2) is 47.5 Å². The number of anilines is 1. The highest BCUT2D eigenvalue weighted by molar-refractivity contribution is 5.61. The molecule has 0 aliphatic carbocycles. The zero-order valence-corrected chi connectivity index (χ0v) is 19.6. The maximum absolute atomic E-state index is 5.83. The minimum Gasteiger partial charge on any atom is -0.384 e. The van der Waals surface area contributed by atoms with Gasteiger partial charge >= 0.3 is 0 Å². The molecule has 0 bridgehead atoms. The van der Waals surface area contributed by atoms with Crippen LogP contribution in [0.1, 0.15) is 22.7 Å². The summed E-state index contributed by atoms with van der Waals surface area (Å²) in [6, 6.07) is 36.7. The van der Waals surface area contributed by atoms with Crippen LogP contribution in [0.2, 0.25) is 0 Å². The Hall–Kier alpha value is -3.47. The van der Waals surface area contributed by atoms with Crippen molar-refractivity contribution in [3.8, 4) is 11.3 Å². The van der Waals surface area contributed by atoms with E-state index < -0.39 is 0 Å². The number of nitrogens with zero attached hydrogens (tertiary/aromatic N) is 3. The molecule has 172 valence electrons. The molecule has 1 aromatic heterocycles. The summed E-state index contributed by atoms with van der Waals surface area (Å²) in [6.07, 6.45) is 1.06. The Labute approximate surface area is 202 Å². The van der Waals surface area contributed by atoms with Crippen LogP contribution in [0.15, 0.2) is 103 Å². The highest BCUT2D eigenvalue weighted by Gasteiger charge is 2.26. The van der Waals surface area contributed by atoms with Crippen molar-refractivity contribution >= 4 is 5.82 Å². The molecule has 4 nitrogen and oxygen atoms in total. The first-order valence-corrected chi connectivity index (χ1v) is 12.1. The summed E-state index contributed by atoms with van der Waals surface area (Å²) in [4.78, 5) is 9.65. The van der Waals surface area contributed by atoms with Gasteiger partial charge in [0.15, 0.2) is 0 Å². The Kier molecular flexibility index (Phi) is 6.99. The lowest BCUT2D eigenvalue weighted by atomic mass is 9.96. The monoisotopic (exact) mass is 448 g/mol. The number of nitrogens with two attached hydrogens (primary N) is 1. The molecule has 0 spiro atoms. The largest absolute Gasteiger partial charge is 0.384 e. The third-order valence-electron chi connectivity index (χ3n) is 6.74. The third-order valence-corrected chi connectivity index (χ3v) is 6.74. The summed E-state index contributed by atoms with van der Waals surface area (Å²) in [5.74, 6) is 0.558. The van der Waals surface area contributed by atoms with Gasteiger partial charge in [0, 0.05) is 38.3 Å². The van der Waals surface area contributed by atoms with E-state index in [1.807, 2.05) is 18.2 Å². The first kappa shape index (κ1) is 22.3. The fourth-order valence-corrected chi connectivity index (χ4v) is 4.87. The summed E-state index contributed by atoms with van der Waals surface area (Å²) in [6.45, 7) is 5.44. The maximum atomic E-state index is 5.83. The smallest absolute Gasteiger partial charge is 0.124 e. The number of piperazine rings is 1. The summed E-state index contributed by atoms with van der Waals surface area (Å²) in [5.41, 5.74) is 12.0. The highest BCUT2D eigenvalue weighted by Crippen LogP contribution is 2.29. The van der Waals surface area contributed by atoms with E-state index in [0.29, 0.717) is 11.9 Å². The molecule has 34 heavy (non-hydrogen) atoms. The molecule has 0 saturated carbocycles. The van der Waals surface area contributed by atoms with E-state index in [2.05, 4.69) is 99.7 Å². The topological polar surface area (TPSA) is 45.4 Å². The molecule has 0 amide bonds. The molecule has 0 radical (unpaired) electrons. The summed E-state index contributed by atoms with van der Waals surface area (Å²) < 4.78 is 0. The van der Waals surface area contributed by atoms with Crippen molar-refractivity contribution in [3.05, 3.63) is 120 Å². The number of aromatic nitrogens is 1. The van der Waals surface area contributed by atoms with Crippen molar-refractivity contribution in [2.45, 2.75) is 12.5 Å². The second kappa shape index (κ2) is 10.6. The molecule has 1 aliphatic rings. The van der Waals surface area contributed by atoms with Gasteiger partial charge in [0.1, 0.15) is 5.82 Å². The standard InChI is InChI=1S/C30H32N4/c31-29-13-7-12-28(32-29)25-16-14-24(15-17-25)18-19-33-20-22-34(23-21-33)30(26-8-3-1-4-9-26)27-10-5-2-6-11-27/h1-17,30H,18-23H2,(H2,31,32). The van der Waals surface area contributed by atoms with E-state index in [1.54, 1.807) is 0 Å². The van der Waals surface area contributed by atoms with Gasteiger partial charge in [0.2, 0.25) is 0 Å². The van der Waals surface area contributed by atoms with Crippen molar-refractivity contribution < 1.29 is 0 Å². The van der Waals surface area contributed by atoms with E-state index in [1.165, 1.54) is 16.7 Å². The van der Waals surface area contributed by atoms with Crippen molar-refractivity contribution in [1.82, 2.24) is 14.8 Å². The summed E-state index contributed by atoms with van der Waals surface area (Å²) in [5, 5.41) is 0. The van der Waals surface area contributed by atoms with Gasteiger partial charge in [-0.3, -0.25) is 4.90 Å². The van der Waals surface area contributed by atoms with Gasteiger partial charge < -0.3 is 10.6 Å². The van der Waals surface area contributed by atoms with Gasteiger partial charge in [0.25, 0.3) is 0 Å². The molecule has 1 fully saturated rings. The Balaban J connectivity index is 1.18. The number of rotatable bonds is 7. The molecular weight excluding hydrogens is 416 g/mol. The van der Waals surface area contributed by atoms with Crippen molar-refractivity contribution in [1.29, 1.82) is 0 Å². The predicted molar refractivity (Wildman–Crippen MR) is 141 cm³/mol. The Morgan fingerprint density at radius 3 is 1.88 bits per heavy atom. The summed E-state index contributed by atoms with van der Waals surface area (Å²) in [7, 11) is 0. The van der Waals surface area contributed by atoms with Gasteiger partial charge in [-0.25, -0.2) is 4.98 Å². The fraction of sp³-hybridized carbons (Fsp3) is 0.233. The number of hydrogen-bond acceptors (Lipinski definition) is 4. The van der Waals surface area contributed by atoms with Crippen LogP contribution in [0.4, 0.5) is 5.82 Å². The first-order chi connectivity index (χ1) is 16.8. The van der Waals surface area contributed by atoms with Crippen LogP contribution in [0.3, 0.4) is 0 Å². The number of benzene rings is 3. The third kappa shape index (κ3) is 5.36.